The smallest absolute Gasteiger partial charge is 0.210 e. The standard InChI is InChI=1S/C10H15ClN2O2S/c1-8-6-10(11)3-2-9(8)7-13-4-5-16(12,14)15/h2-3,6,13H,4-5,7H2,1H3,(H2,12,14,15). The number of halogens is 1. The molecule has 0 fully saturated rings. The molecule has 3 N–H and O–H groups in total. The van der Waals surface area contributed by atoms with Crippen molar-refractivity contribution in [3.63, 3.8) is 0 Å². The second-order valence-electron chi connectivity index (χ2n) is 3.61. The van der Waals surface area contributed by atoms with E-state index in [9.17, 15) is 8.42 Å². The second-order valence-corrected chi connectivity index (χ2v) is 5.78. The van der Waals surface area contributed by atoms with Gasteiger partial charge >= 0.3 is 0 Å². The molecule has 1 aromatic rings. The lowest BCUT2D eigenvalue weighted by atomic mass is 10.1. The lowest BCUT2D eigenvalue weighted by molar-refractivity contribution is 0.592. The minimum absolute atomic E-state index is 0.0559. The van der Waals surface area contributed by atoms with Crippen molar-refractivity contribution in [2.24, 2.45) is 5.14 Å². The Morgan fingerprint density at radius 2 is 2.12 bits per heavy atom. The van der Waals surface area contributed by atoms with Gasteiger partial charge in [-0.3, -0.25) is 0 Å². The van der Waals surface area contributed by atoms with Gasteiger partial charge in [0, 0.05) is 18.1 Å². The molecule has 4 nitrogen and oxygen atoms in total. The average Bonchev–Trinajstić information content (AvgIpc) is 2.13. The van der Waals surface area contributed by atoms with E-state index in [4.69, 9.17) is 16.7 Å². The number of hydrogen-bond donors (Lipinski definition) is 2. The second kappa shape index (κ2) is 5.63. The zero-order valence-electron chi connectivity index (χ0n) is 9.03. The van der Waals surface area contributed by atoms with E-state index in [0.29, 0.717) is 18.1 Å². The van der Waals surface area contributed by atoms with E-state index in [2.05, 4.69) is 5.32 Å². The lowest BCUT2D eigenvalue weighted by Crippen LogP contribution is -2.27. The van der Waals surface area contributed by atoms with Crippen LogP contribution >= 0.6 is 11.6 Å². The van der Waals surface area contributed by atoms with Crippen LogP contribution in [0.4, 0.5) is 0 Å². The molecule has 0 aliphatic rings. The van der Waals surface area contributed by atoms with Gasteiger partial charge in [0.15, 0.2) is 0 Å². The van der Waals surface area contributed by atoms with Crippen LogP contribution in [0, 0.1) is 6.92 Å². The van der Waals surface area contributed by atoms with Crippen molar-refractivity contribution < 1.29 is 8.42 Å². The zero-order valence-corrected chi connectivity index (χ0v) is 10.6. The van der Waals surface area contributed by atoms with Crippen molar-refractivity contribution in [1.29, 1.82) is 0 Å². The molecule has 0 amide bonds. The van der Waals surface area contributed by atoms with Crippen LogP contribution in [-0.2, 0) is 16.6 Å². The Labute approximate surface area is 101 Å². The Morgan fingerprint density at radius 1 is 1.44 bits per heavy atom. The number of sulfonamides is 1. The summed E-state index contributed by atoms with van der Waals surface area (Å²) in [5.41, 5.74) is 2.18. The van der Waals surface area contributed by atoms with Gasteiger partial charge in [0.05, 0.1) is 5.75 Å². The number of nitrogens with two attached hydrogens (primary N) is 1. The largest absolute Gasteiger partial charge is 0.312 e. The van der Waals surface area contributed by atoms with Gasteiger partial charge in [0.25, 0.3) is 0 Å². The molecule has 0 aromatic heterocycles. The number of benzene rings is 1. The SMILES string of the molecule is Cc1cc(Cl)ccc1CNCCS(N)(=O)=O. The van der Waals surface area contributed by atoms with E-state index >= 15 is 0 Å². The highest BCUT2D eigenvalue weighted by molar-refractivity contribution is 7.89. The van der Waals surface area contributed by atoms with Crippen molar-refractivity contribution in [1.82, 2.24) is 5.32 Å². The first kappa shape index (κ1) is 13.4. The zero-order chi connectivity index (χ0) is 12.2. The van der Waals surface area contributed by atoms with Crippen molar-refractivity contribution in [3.8, 4) is 0 Å². The number of rotatable bonds is 5. The van der Waals surface area contributed by atoms with Gasteiger partial charge in [0.1, 0.15) is 0 Å². The van der Waals surface area contributed by atoms with Gasteiger partial charge in [-0.2, -0.15) is 0 Å². The Kier molecular flexibility index (Phi) is 4.73. The fraction of sp³-hybridized carbons (Fsp3) is 0.400. The summed E-state index contributed by atoms with van der Waals surface area (Å²) < 4.78 is 21.3. The number of nitrogens with one attached hydrogen (secondary N) is 1. The van der Waals surface area contributed by atoms with Gasteiger partial charge in [-0.05, 0) is 30.2 Å². The van der Waals surface area contributed by atoms with Crippen LogP contribution in [0.3, 0.4) is 0 Å². The minimum Gasteiger partial charge on any atom is -0.312 e. The summed E-state index contributed by atoms with van der Waals surface area (Å²) in [6, 6.07) is 5.60. The summed E-state index contributed by atoms with van der Waals surface area (Å²) in [4.78, 5) is 0. The fourth-order valence-corrected chi connectivity index (χ4v) is 1.95. The van der Waals surface area contributed by atoms with E-state index in [1.54, 1.807) is 0 Å². The first-order valence-corrected chi connectivity index (χ1v) is 6.94. The number of hydrogen-bond acceptors (Lipinski definition) is 3. The molecule has 1 aromatic carbocycles. The molecule has 6 heteroatoms. The highest BCUT2D eigenvalue weighted by atomic mass is 35.5. The van der Waals surface area contributed by atoms with Crippen molar-refractivity contribution in [3.05, 3.63) is 34.3 Å². The molecule has 0 aliphatic heterocycles. The lowest BCUT2D eigenvalue weighted by Gasteiger charge is -2.07. The molecule has 0 aliphatic carbocycles. The van der Waals surface area contributed by atoms with Crippen molar-refractivity contribution in [2.75, 3.05) is 12.3 Å². The van der Waals surface area contributed by atoms with Crippen molar-refractivity contribution in [2.45, 2.75) is 13.5 Å². The summed E-state index contributed by atoms with van der Waals surface area (Å²) in [5, 5.41) is 8.60. The molecule has 0 bridgehead atoms. The Morgan fingerprint density at radius 3 is 2.69 bits per heavy atom. The third-order valence-electron chi connectivity index (χ3n) is 2.18. The van der Waals surface area contributed by atoms with Crippen molar-refractivity contribution >= 4 is 21.6 Å². The molecule has 0 atom stereocenters. The van der Waals surface area contributed by atoms with E-state index in [0.717, 1.165) is 11.1 Å². The van der Waals surface area contributed by atoms with Gasteiger partial charge < -0.3 is 5.32 Å². The summed E-state index contributed by atoms with van der Waals surface area (Å²) in [7, 11) is -3.38. The van der Waals surface area contributed by atoms with Crippen LogP contribution in [0.15, 0.2) is 18.2 Å². The maximum atomic E-state index is 10.7. The summed E-state index contributed by atoms with van der Waals surface area (Å²) in [6.07, 6.45) is 0. The third kappa shape index (κ3) is 4.94. The molecular formula is C10H15ClN2O2S. The maximum Gasteiger partial charge on any atom is 0.210 e. The third-order valence-corrected chi connectivity index (χ3v) is 3.19. The van der Waals surface area contributed by atoms with E-state index in [-0.39, 0.29) is 5.75 Å². The average molecular weight is 263 g/mol. The number of aryl methyl sites for hydroxylation is 1. The molecule has 0 spiro atoms. The summed E-state index contributed by atoms with van der Waals surface area (Å²) >= 11 is 5.82. The minimum atomic E-state index is -3.38. The molecule has 0 saturated heterocycles. The molecular weight excluding hydrogens is 248 g/mol. The predicted molar refractivity (Wildman–Crippen MR) is 65.9 cm³/mol. The highest BCUT2D eigenvalue weighted by Crippen LogP contribution is 2.14. The van der Waals surface area contributed by atoms with Gasteiger partial charge in [-0.1, -0.05) is 17.7 Å². The first-order chi connectivity index (χ1) is 7.38. The first-order valence-electron chi connectivity index (χ1n) is 4.85. The van der Waals surface area contributed by atoms with Gasteiger partial charge in [-0.25, -0.2) is 13.6 Å². The van der Waals surface area contributed by atoms with Gasteiger partial charge in [-0.15, -0.1) is 0 Å². The molecule has 90 valence electrons. The van der Waals surface area contributed by atoms with Crippen LogP contribution in [0.25, 0.3) is 0 Å². The number of primary sulfonamides is 1. The van der Waals surface area contributed by atoms with E-state index in [1.807, 2.05) is 25.1 Å². The fourth-order valence-electron chi connectivity index (χ4n) is 1.30. The molecule has 0 saturated carbocycles. The Balaban J connectivity index is 2.43. The summed E-state index contributed by atoms with van der Waals surface area (Å²) in [6.45, 7) is 2.92. The van der Waals surface area contributed by atoms with Crippen LogP contribution in [0.2, 0.25) is 5.02 Å². The van der Waals surface area contributed by atoms with Gasteiger partial charge in [0.2, 0.25) is 10.0 Å². The summed E-state index contributed by atoms with van der Waals surface area (Å²) in [5.74, 6) is -0.0559. The normalized spacial score (nSPS) is 11.7. The van der Waals surface area contributed by atoms with Crippen LogP contribution < -0.4 is 10.5 Å². The highest BCUT2D eigenvalue weighted by Gasteiger charge is 2.02. The Bertz CT molecular complexity index is 460. The molecule has 0 unspecified atom stereocenters. The molecule has 16 heavy (non-hydrogen) atoms. The monoisotopic (exact) mass is 262 g/mol. The predicted octanol–water partition coefficient (Wildman–Crippen LogP) is 1.03. The van der Waals surface area contributed by atoms with Crippen LogP contribution in [-0.4, -0.2) is 20.7 Å². The molecule has 1 rings (SSSR count). The quantitative estimate of drug-likeness (QED) is 0.779. The maximum absolute atomic E-state index is 10.7. The Hall–Kier alpha value is -0.620. The molecule has 0 heterocycles. The van der Waals surface area contributed by atoms with E-state index < -0.39 is 10.0 Å². The topological polar surface area (TPSA) is 72.2 Å². The van der Waals surface area contributed by atoms with Crippen LogP contribution in [0.1, 0.15) is 11.1 Å². The molecule has 0 radical (unpaired) electrons. The van der Waals surface area contributed by atoms with E-state index in [1.165, 1.54) is 0 Å². The van der Waals surface area contributed by atoms with Crippen LogP contribution in [0.5, 0.6) is 0 Å².